The van der Waals surface area contributed by atoms with Crippen molar-refractivity contribution in [2.45, 2.75) is 25.8 Å². The maximum atomic E-state index is 12.9. The number of rotatable bonds is 4. The maximum Gasteiger partial charge on any atom is 0.289 e. The highest BCUT2D eigenvalue weighted by atomic mass is 16.5. The highest BCUT2D eigenvalue weighted by Crippen LogP contribution is 2.26. The number of nitrogens with one attached hydrogen (secondary N) is 2. The minimum Gasteiger partial charge on any atom is -0.497 e. The van der Waals surface area contributed by atoms with Crippen LogP contribution >= 0.6 is 0 Å². The SMILES string of the molecule is COc1ccc2[nH]c(C(=O)NC3CCCN(C(=O)c4ccco4)C3)c(C)c2c1. The monoisotopic (exact) mass is 381 g/mol. The second-order valence-corrected chi connectivity index (χ2v) is 7.08. The largest absolute Gasteiger partial charge is 0.497 e. The van der Waals surface area contributed by atoms with E-state index in [1.165, 1.54) is 6.26 Å². The van der Waals surface area contributed by atoms with Gasteiger partial charge in [-0.15, -0.1) is 0 Å². The molecule has 0 aliphatic carbocycles. The number of aryl methyl sites for hydroxylation is 1. The molecule has 1 atom stereocenters. The lowest BCUT2D eigenvalue weighted by Crippen LogP contribution is -2.49. The number of hydrogen-bond acceptors (Lipinski definition) is 4. The van der Waals surface area contributed by atoms with Crippen molar-refractivity contribution in [1.82, 2.24) is 15.2 Å². The third-order valence-corrected chi connectivity index (χ3v) is 5.27. The average Bonchev–Trinajstić information content (AvgIpc) is 3.36. The van der Waals surface area contributed by atoms with Gasteiger partial charge in [0.2, 0.25) is 0 Å². The highest BCUT2D eigenvalue weighted by Gasteiger charge is 2.27. The topological polar surface area (TPSA) is 87.6 Å². The van der Waals surface area contributed by atoms with Crippen LogP contribution < -0.4 is 10.1 Å². The lowest BCUT2D eigenvalue weighted by atomic mass is 10.0. The van der Waals surface area contributed by atoms with E-state index >= 15 is 0 Å². The number of aromatic nitrogens is 1. The first kappa shape index (κ1) is 18.2. The van der Waals surface area contributed by atoms with Gasteiger partial charge in [-0.05, 0) is 55.7 Å². The minimum absolute atomic E-state index is 0.0967. The molecule has 2 amide bonds. The molecule has 0 radical (unpaired) electrons. The minimum atomic E-state index is -0.162. The number of aromatic amines is 1. The van der Waals surface area contributed by atoms with Crippen LogP contribution in [0.2, 0.25) is 0 Å². The number of ether oxygens (including phenoxy) is 1. The molecule has 1 aromatic carbocycles. The van der Waals surface area contributed by atoms with Crippen molar-refractivity contribution in [3.63, 3.8) is 0 Å². The van der Waals surface area contributed by atoms with Crippen LogP contribution in [0.1, 0.15) is 39.4 Å². The lowest BCUT2D eigenvalue weighted by Gasteiger charge is -2.32. The summed E-state index contributed by atoms with van der Waals surface area (Å²) in [5, 5.41) is 4.03. The number of H-pyrrole nitrogens is 1. The molecule has 0 bridgehead atoms. The van der Waals surface area contributed by atoms with Crippen molar-refractivity contribution < 1.29 is 18.7 Å². The van der Waals surface area contributed by atoms with E-state index in [1.807, 2.05) is 25.1 Å². The summed E-state index contributed by atoms with van der Waals surface area (Å²) < 4.78 is 10.5. The fourth-order valence-electron chi connectivity index (χ4n) is 3.75. The second-order valence-electron chi connectivity index (χ2n) is 7.08. The van der Waals surface area contributed by atoms with Crippen LogP contribution in [0.15, 0.2) is 41.0 Å². The van der Waals surface area contributed by atoms with Gasteiger partial charge in [-0.25, -0.2) is 0 Å². The Balaban J connectivity index is 1.48. The van der Waals surface area contributed by atoms with Crippen LogP contribution in [0.5, 0.6) is 5.75 Å². The molecule has 1 aliphatic rings. The van der Waals surface area contributed by atoms with Gasteiger partial charge in [0.05, 0.1) is 13.4 Å². The van der Waals surface area contributed by atoms with Crippen molar-refractivity contribution >= 4 is 22.7 Å². The summed E-state index contributed by atoms with van der Waals surface area (Å²) in [4.78, 5) is 30.3. The van der Waals surface area contributed by atoms with Gasteiger partial charge in [-0.1, -0.05) is 0 Å². The van der Waals surface area contributed by atoms with Gasteiger partial charge >= 0.3 is 0 Å². The third-order valence-electron chi connectivity index (χ3n) is 5.27. The number of amides is 2. The molecular formula is C21H23N3O4. The van der Waals surface area contributed by atoms with Gasteiger partial charge in [-0.3, -0.25) is 9.59 Å². The molecule has 7 heteroatoms. The van der Waals surface area contributed by atoms with Gasteiger partial charge in [0.15, 0.2) is 5.76 Å². The average molecular weight is 381 g/mol. The first-order valence-corrected chi connectivity index (χ1v) is 9.37. The number of nitrogens with zero attached hydrogens (tertiary/aromatic N) is 1. The molecule has 1 aliphatic heterocycles. The van der Waals surface area contributed by atoms with Gasteiger partial charge in [0.1, 0.15) is 11.4 Å². The molecule has 3 heterocycles. The summed E-state index contributed by atoms with van der Waals surface area (Å²) in [6.07, 6.45) is 3.16. The quantitative estimate of drug-likeness (QED) is 0.727. The summed E-state index contributed by atoms with van der Waals surface area (Å²) in [5.41, 5.74) is 2.31. The molecule has 2 aromatic heterocycles. The molecule has 0 spiro atoms. The molecule has 3 aromatic rings. The molecule has 0 saturated carbocycles. The Bertz CT molecular complexity index is 1010. The van der Waals surface area contributed by atoms with E-state index < -0.39 is 0 Å². The standard InChI is InChI=1S/C21H23N3O4/c1-13-16-11-15(27-2)7-8-17(16)23-19(13)20(25)22-14-5-3-9-24(12-14)21(26)18-6-4-10-28-18/h4,6-8,10-11,14,23H,3,5,9,12H2,1-2H3,(H,22,25). The predicted octanol–water partition coefficient (Wildman–Crippen LogP) is 3.11. The Morgan fingerprint density at radius 3 is 2.93 bits per heavy atom. The Kier molecular flexibility index (Phi) is 4.81. The Morgan fingerprint density at radius 1 is 1.32 bits per heavy atom. The molecule has 1 fully saturated rings. The zero-order valence-electron chi connectivity index (χ0n) is 16.0. The predicted molar refractivity (Wildman–Crippen MR) is 105 cm³/mol. The highest BCUT2D eigenvalue weighted by molar-refractivity contribution is 6.01. The number of piperidine rings is 1. The van der Waals surface area contributed by atoms with E-state index in [0.29, 0.717) is 24.5 Å². The maximum absolute atomic E-state index is 12.9. The second kappa shape index (κ2) is 7.42. The van der Waals surface area contributed by atoms with E-state index in [1.54, 1.807) is 24.1 Å². The Hall–Kier alpha value is -3.22. The van der Waals surface area contributed by atoms with Crippen molar-refractivity contribution in [2.24, 2.45) is 0 Å². The number of hydrogen-bond donors (Lipinski definition) is 2. The number of furan rings is 1. The Labute approximate surface area is 162 Å². The van der Waals surface area contributed by atoms with Crippen LogP contribution in [0.3, 0.4) is 0 Å². The number of methoxy groups -OCH3 is 1. The van der Waals surface area contributed by atoms with Gasteiger partial charge in [0.25, 0.3) is 11.8 Å². The first-order chi connectivity index (χ1) is 13.6. The van der Waals surface area contributed by atoms with E-state index in [4.69, 9.17) is 9.15 Å². The van der Waals surface area contributed by atoms with Gasteiger partial charge in [0, 0.05) is 30.0 Å². The van der Waals surface area contributed by atoms with Gasteiger partial charge in [-0.2, -0.15) is 0 Å². The van der Waals surface area contributed by atoms with Gasteiger partial charge < -0.3 is 24.4 Å². The van der Waals surface area contributed by atoms with E-state index in [-0.39, 0.29) is 17.9 Å². The zero-order valence-corrected chi connectivity index (χ0v) is 16.0. The van der Waals surface area contributed by atoms with Crippen molar-refractivity contribution in [3.8, 4) is 5.75 Å². The lowest BCUT2D eigenvalue weighted by molar-refractivity contribution is 0.0646. The van der Waals surface area contributed by atoms with Crippen LogP contribution in [0, 0.1) is 6.92 Å². The van der Waals surface area contributed by atoms with Crippen LogP contribution in [-0.4, -0.2) is 47.9 Å². The molecular weight excluding hydrogens is 358 g/mol. The number of carbonyl (C=O) groups excluding carboxylic acids is 2. The van der Waals surface area contributed by atoms with Crippen LogP contribution in [0.4, 0.5) is 0 Å². The number of fused-ring (bicyclic) bond motifs is 1. The van der Waals surface area contributed by atoms with E-state index in [9.17, 15) is 9.59 Å². The number of likely N-dealkylation sites (tertiary alicyclic amines) is 1. The van der Waals surface area contributed by atoms with Crippen LogP contribution in [0.25, 0.3) is 10.9 Å². The third kappa shape index (κ3) is 3.35. The molecule has 2 N–H and O–H groups in total. The van der Waals surface area contributed by atoms with Crippen LogP contribution in [-0.2, 0) is 0 Å². The summed E-state index contributed by atoms with van der Waals surface area (Å²) in [6.45, 7) is 3.05. The summed E-state index contributed by atoms with van der Waals surface area (Å²) in [7, 11) is 1.62. The smallest absolute Gasteiger partial charge is 0.289 e. The van der Waals surface area contributed by atoms with E-state index in [0.717, 1.165) is 35.1 Å². The fraction of sp³-hybridized carbons (Fsp3) is 0.333. The fourth-order valence-corrected chi connectivity index (χ4v) is 3.75. The first-order valence-electron chi connectivity index (χ1n) is 9.37. The number of carbonyl (C=O) groups is 2. The van der Waals surface area contributed by atoms with Crippen molar-refractivity contribution in [3.05, 3.63) is 53.6 Å². The summed E-state index contributed by atoms with van der Waals surface area (Å²) in [6, 6.07) is 8.95. The summed E-state index contributed by atoms with van der Waals surface area (Å²) in [5.74, 6) is 0.774. The van der Waals surface area contributed by atoms with Crippen molar-refractivity contribution in [1.29, 1.82) is 0 Å². The zero-order chi connectivity index (χ0) is 19.7. The molecule has 7 nitrogen and oxygen atoms in total. The van der Waals surface area contributed by atoms with E-state index in [2.05, 4.69) is 10.3 Å². The number of benzene rings is 1. The Morgan fingerprint density at radius 2 is 2.18 bits per heavy atom. The van der Waals surface area contributed by atoms with Crippen molar-refractivity contribution in [2.75, 3.05) is 20.2 Å². The molecule has 1 saturated heterocycles. The molecule has 1 unspecified atom stereocenters. The normalized spacial score (nSPS) is 16.9. The molecule has 28 heavy (non-hydrogen) atoms. The summed E-state index contributed by atoms with van der Waals surface area (Å²) >= 11 is 0. The molecule has 146 valence electrons. The molecule has 4 rings (SSSR count).